The van der Waals surface area contributed by atoms with Gasteiger partial charge in [0, 0.05) is 22.8 Å². The Bertz CT molecular complexity index is 1080. The second-order valence-electron chi connectivity index (χ2n) is 11.7. The average molecular weight is 530 g/mol. The van der Waals surface area contributed by atoms with E-state index in [1.54, 1.807) is 25.7 Å². The molecule has 1 heterocycles. The zero-order chi connectivity index (χ0) is 27.4. The summed E-state index contributed by atoms with van der Waals surface area (Å²) in [7, 11) is 0. The Morgan fingerprint density at radius 3 is 2.35 bits per heavy atom. The number of hydrogen-bond donors (Lipinski definition) is 1. The first-order valence-corrected chi connectivity index (χ1v) is 13.8. The van der Waals surface area contributed by atoms with Gasteiger partial charge in [0.25, 0.3) is 0 Å². The first-order valence-electron chi connectivity index (χ1n) is 12.7. The van der Waals surface area contributed by atoms with Crippen LogP contribution in [-0.4, -0.2) is 55.5 Å². The van der Waals surface area contributed by atoms with E-state index in [-0.39, 0.29) is 4.92 Å². The molecule has 0 saturated carbocycles. The van der Waals surface area contributed by atoms with Crippen molar-refractivity contribution >= 4 is 17.5 Å². The van der Waals surface area contributed by atoms with Crippen LogP contribution in [0.4, 0.5) is 4.79 Å². The fourth-order valence-electron chi connectivity index (χ4n) is 4.67. The summed E-state index contributed by atoms with van der Waals surface area (Å²) in [6.45, 7) is 10.8. The number of likely N-dealkylation sites (tertiary alicyclic amines) is 1. The lowest BCUT2D eigenvalue weighted by Crippen LogP contribution is -2.70. The lowest BCUT2D eigenvalue weighted by molar-refractivity contribution is -0.492. The maximum absolute atomic E-state index is 13.4. The van der Waals surface area contributed by atoms with E-state index in [4.69, 9.17) is 4.74 Å². The number of hydrogen-bond acceptors (Lipinski definition) is 6. The Morgan fingerprint density at radius 1 is 1.11 bits per heavy atom. The highest BCUT2D eigenvalue weighted by Gasteiger charge is 2.54. The molecule has 9 heteroatoms. The number of nitrogens with one attached hydrogen (secondary N) is 1. The minimum Gasteiger partial charge on any atom is -0.598 e. The highest BCUT2D eigenvalue weighted by atomic mass is 32.2. The maximum Gasteiger partial charge on any atom is 0.410 e. The molecule has 0 bridgehead atoms. The van der Waals surface area contributed by atoms with E-state index in [0.29, 0.717) is 25.8 Å². The lowest BCUT2D eigenvalue weighted by atomic mass is 9.78. The minimum absolute atomic E-state index is 0.349. The summed E-state index contributed by atoms with van der Waals surface area (Å²) in [4.78, 5) is 26.6. The third kappa shape index (κ3) is 7.69. The van der Waals surface area contributed by atoms with Crippen LogP contribution < -0.4 is 4.72 Å². The second kappa shape index (κ2) is 11.4. The molecule has 2 aromatic carbocycles. The standard InChI is InChI=1S/C28H39N3O5S/c1-26(2,3)36-25(32)30-17-11-16-28(20-31(33)34,29-37(35)27(4,5)6)24(30)19-21-12-10-15-23(18-21)22-13-8-7-9-14-22/h7-10,12-15,18,24,29H,11,16-17,19-20H2,1-6H3/t24-,28+,37?/m0/s1. The van der Waals surface area contributed by atoms with E-state index in [1.807, 2.05) is 69.3 Å². The van der Waals surface area contributed by atoms with Crippen LogP contribution in [0.5, 0.6) is 0 Å². The number of carbonyl (C=O) groups excluding carboxylic acids is 1. The molecule has 0 aromatic heterocycles. The average Bonchev–Trinajstić information content (AvgIpc) is 2.79. The fraction of sp³-hybridized carbons (Fsp3) is 0.536. The Hall–Kier alpha value is -2.62. The van der Waals surface area contributed by atoms with Gasteiger partial charge >= 0.3 is 6.09 Å². The van der Waals surface area contributed by atoms with Crippen molar-refractivity contribution < 1.29 is 19.0 Å². The highest BCUT2D eigenvalue weighted by Crippen LogP contribution is 2.35. The Morgan fingerprint density at radius 2 is 1.76 bits per heavy atom. The molecule has 1 aliphatic rings. The van der Waals surface area contributed by atoms with Crippen molar-refractivity contribution in [3.63, 3.8) is 0 Å². The number of amides is 1. The molecule has 1 amide bonds. The predicted octanol–water partition coefficient (Wildman–Crippen LogP) is 5.36. The van der Waals surface area contributed by atoms with Crippen LogP contribution in [0.2, 0.25) is 0 Å². The van der Waals surface area contributed by atoms with Crippen LogP contribution in [0.15, 0.2) is 54.6 Å². The smallest absolute Gasteiger partial charge is 0.410 e. The molecule has 0 radical (unpaired) electrons. The number of nitrogens with zero attached hydrogens (tertiary/aromatic N) is 2. The SMILES string of the molecule is CC(C)(C)OC(=O)N1CCC[C@](C[N+](=O)[O-])(N[S+]([O-])C(C)(C)C)[C@@H]1Cc1cccc(-c2ccccc2)c1. The monoisotopic (exact) mass is 529 g/mol. The molecule has 37 heavy (non-hydrogen) atoms. The lowest BCUT2D eigenvalue weighted by Gasteiger charge is -2.48. The van der Waals surface area contributed by atoms with Crippen LogP contribution in [0.3, 0.4) is 0 Å². The number of carbonyl (C=O) groups is 1. The summed E-state index contributed by atoms with van der Waals surface area (Å²) >= 11 is -1.58. The van der Waals surface area contributed by atoms with Crippen molar-refractivity contribution in [1.29, 1.82) is 0 Å². The van der Waals surface area contributed by atoms with Gasteiger partial charge in [-0.15, -0.1) is 4.72 Å². The quantitative estimate of drug-likeness (QED) is 0.294. The van der Waals surface area contributed by atoms with Crippen molar-refractivity contribution in [2.24, 2.45) is 0 Å². The van der Waals surface area contributed by atoms with Gasteiger partial charge in [-0.05, 0) is 77.5 Å². The fourth-order valence-corrected chi connectivity index (χ4v) is 5.64. The number of nitro groups is 1. The van der Waals surface area contributed by atoms with Gasteiger partial charge in [0.2, 0.25) is 6.54 Å². The van der Waals surface area contributed by atoms with Gasteiger partial charge in [0.15, 0.2) is 0 Å². The van der Waals surface area contributed by atoms with Crippen LogP contribution >= 0.6 is 0 Å². The van der Waals surface area contributed by atoms with E-state index < -0.39 is 45.9 Å². The molecule has 3 rings (SSSR count). The Balaban J connectivity index is 2.07. The molecule has 1 N–H and O–H groups in total. The number of piperidine rings is 1. The number of benzene rings is 2. The van der Waals surface area contributed by atoms with E-state index in [2.05, 4.69) is 10.8 Å². The van der Waals surface area contributed by atoms with Gasteiger partial charge in [-0.25, -0.2) is 4.79 Å². The zero-order valence-electron chi connectivity index (χ0n) is 22.7. The third-order valence-electron chi connectivity index (χ3n) is 6.39. The number of rotatable bonds is 7. The van der Waals surface area contributed by atoms with Gasteiger partial charge in [-0.1, -0.05) is 54.6 Å². The van der Waals surface area contributed by atoms with Crippen LogP contribution in [0.1, 0.15) is 59.9 Å². The van der Waals surface area contributed by atoms with Gasteiger partial charge in [-0.2, -0.15) is 0 Å². The number of ether oxygens (including phenoxy) is 1. The molecule has 1 unspecified atom stereocenters. The summed E-state index contributed by atoms with van der Waals surface area (Å²) in [5.41, 5.74) is 1.08. The molecule has 0 aliphatic carbocycles. The molecule has 0 spiro atoms. The summed E-state index contributed by atoms with van der Waals surface area (Å²) in [5.74, 6) is 0. The summed E-state index contributed by atoms with van der Waals surface area (Å²) in [5, 5.41) is 12.0. The van der Waals surface area contributed by atoms with Crippen molar-refractivity contribution in [2.75, 3.05) is 13.1 Å². The second-order valence-corrected chi connectivity index (χ2v) is 13.7. The largest absolute Gasteiger partial charge is 0.598 e. The molecule has 1 fully saturated rings. The molecule has 1 saturated heterocycles. The van der Waals surface area contributed by atoms with E-state index in [1.165, 1.54) is 0 Å². The van der Waals surface area contributed by atoms with Gasteiger partial charge in [-0.3, -0.25) is 10.1 Å². The molecule has 1 aliphatic heterocycles. The summed E-state index contributed by atoms with van der Waals surface area (Å²) < 4.78 is 21.5. The third-order valence-corrected chi connectivity index (χ3v) is 8.09. The van der Waals surface area contributed by atoms with E-state index in [0.717, 1.165) is 16.7 Å². The van der Waals surface area contributed by atoms with Crippen molar-refractivity contribution in [3.8, 4) is 11.1 Å². The minimum atomic E-state index is -1.58. The molecular formula is C28H39N3O5S. The van der Waals surface area contributed by atoms with Crippen LogP contribution in [0, 0.1) is 10.1 Å². The Labute approximate surface area is 223 Å². The molecule has 3 atom stereocenters. The summed E-state index contributed by atoms with van der Waals surface area (Å²) in [6, 6.07) is 17.3. The molecule has 2 aromatic rings. The van der Waals surface area contributed by atoms with Crippen LogP contribution in [-0.2, 0) is 22.5 Å². The van der Waals surface area contributed by atoms with Gasteiger partial charge in [0.1, 0.15) is 15.9 Å². The maximum atomic E-state index is 13.4. The first kappa shape index (κ1) is 28.9. The van der Waals surface area contributed by atoms with Crippen molar-refractivity contribution in [3.05, 3.63) is 70.3 Å². The topological polar surface area (TPSA) is 108 Å². The van der Waals surface area contributed by atoms with Gasteiger partial charge in [0.05, 0.1) is 6.04 Å². The molecule has 202 valence electrons. The van der Waals surface area contributed by atoms with Crippen molar-refractivity contribution in [2.45, 2.75) is 82.7 Å². The highest BCUT2D eigenvalue weighted by molar-refractivity contribution is 7.90. The first-order chi connectivity index (χ1) is 17.2. The normalized spacial score (nSPS) is 21.4. The van der Waals surface area contributed by atoms with Crippen molar-refractivity contribution in [1.82, 2.24) is 9.62 Å². The zero-order valence-corrected chi connectivity index (χ0v) is 23.5. The van der Waals surface area contributed by atoms with E-state index in [9.17, 15) is 19.5 Å². The predicted molar refractivity (Wildman–Crippen MR) is 147 cm³/mol. The Kier molecular flexibility index (Phi) is 8.93. The van der Waals surface area contributed by atoms with Gasteiger partial charge < -0.3 is 14.2 Å². The summed E-state index contributed by atoms with van der Waals surface area (Å²) in [6.07, 6.45) is 0.773. The molecule has 8 nitrogen and oxygen atoms in total. The van der Waals surface area contributed by atoms with Crippen LogP contribution in [0.25, 0.3) is 11.1 Å². The molecular weight excluding hydrogens is 490 g/mol. The van der Waals surface area contributed by atoms with E-state index >= 15 is 0 Å².